The van der Waals surface area contributed by atoms with Crippen LogP contribution in [0.2, 0.25) is 0 Å². The first-order valence-corrected chi connectivity index (χ1v) is 11.5. The Morgan fingerprint density at radius 3 is 2.06 bits per heavy atom. The summed E-state index contributed by atoms with van der Waals surface area (Å²) < 4.78 is 4.87. The maximum absolute atomic E-state index is 11.9. The van der Waals surface area contributed by atoms with Gasteiger partial charge < -0.3 is 4.74 Å². The molecule has 162 valence electrons. The second-order valence-corrected chi connectivity index (χ2v) is 8.76. The van der Waals surface area contributed by atoms with Crippen LogP contribution in [-0.4, -0.2) is 31.1 Å². The number of benzene rings is 3. The fourth-order valence-corrected chi connectivity index (χ4v) is 5.16. The van der Waals surface area contributed by atoms with Crippen LogP contribution in [0.3, 0.4) is 0 Å². The zero-order chi connectivity index (χ0) is 21.9. The van der Waals surface area contributed by atoms with E-state index >= 15 is 0 Å². The summed E-state index contributed by atoms with van der Waals surface area (Å²) in [4.78, 5) is 14.4. The van der Waals surface area contributed by atoms with Gasteiger partial charge in [0.15, 0.2) is 0 Å². The molecule has 2 aliphatic rings. The number of methoxy groups -OCH3 is 1. The van der Waals surface area contributed by atoms with Crippen LogP contribution >= 0.6 is 0 Å². The summed E-state index contributed by atoms with van der Waals surface area (Å²) in [6.07, 6.45) is 4.36. The quantitative estimate of drug-likeness (QED) is 0.509. The van der Waals surface area contributed by atoms with E-state index in [1.165, 1.54) is 34.9 Å². The van der Waals surface area contributed by atoms with Gasteiger partial charge in [-0.1, -0.05) is 66.2 Å². The largest absolute Gasteiger partial charge is 0.465 e. The van der Waals surface area contributed by atoms with Crippen molar-refractivity contribution in [3.8, 4) is 0 Å². The van der Waals surface area contributed by atoms with Gasteiger partial charge in [0.05, 0.1) is 12.7 Å². The van der Waals surface area contributed by atoms with Gasteiger partial charge in [-0.3, -0.25) is 4.90 Å². The van der Waals surface area contributed by atoms with Crippen molar-refractivity contribution < 1.29 is 9.53 Å². The number of aryl methyl sites for hydroxylation is 2. The van der Waals surface area contributed by atoms with Crippen LogP contribution < -0.4 is 0 Å². The van der Waals surface area contributed by atoms with Gasteiger partial charge in [0, 0.05) is 19.6 Å². The highest BCUT2D eigenvalue weighted by Gasteiger charge is 2.24. The second kappa shape index (κ2) is 9.13. The number of likely N-dealkylation sites (tertiary alicyclic amines) is 1. The molecule has 3 aromatic rings. The molecule has 1 aliphatic heterocycles. The van der Waals surface area contributed by atoms with Crippen molar-refractivity contribution in [1.29, 1.82) is 0 Å². The summed E-state index contributed by atoms with van der Waals surface area (Å²) in [6, 6.07) is 25.7. The van der Waals surface area contributed by atoms with E-state index in [4.69, 9.17) is 4.74 Å². The van der Waals surface area contributed by atoms with E-state index in [9.17, 15) is 4.79 Å². The van der Waals surface area contributed by atoms with Gasteiger partial charge in [-0.05, 0) is 71.2 Å². The molecule has 0 radical (unpaired) electrons. The number of fused-ring (bicyclic) bond motifs is 2. The predicted octanol–water partition coefficient (Wildman–Crippen LogP) is 5.67. The van der Waals surface area contributed by atoms with Gasteiger partial charge in [0.25, 0.3) is 0 Å². The van der Waals surface area contributed by atoms with Crippen molar-refractivity contribution in [3.05, 3.63) is 112 Å². The smallest absolute Gasteiger partial charge is 0.337 e. The Morgan fingerprint density at radius 2 is 1.44 bits per heavy atom. The first-order chi connectivity index (χ1) is 15.7. The molecule has 3 aromatic carbocycles. The average molecular weight is 424 g/mol. The lowest BCUT2D eigenvalue weighted by Crippen LogP contribution is -2.30. The lowest BCUT2D eigenvalue weighted by molar-refractivity contribution is 0.0600. The highest BCUT2D eigenvalue weighted by molar-refractivity contribution is 5.89. The number of rotatable bonds is 3. The summed E-state index contributed by atoms with van der Waals surface area (Å²) in [5, 5.41) is 0. The zero-order valence-corrected chi connectivity index (χ0v) is 18.6. The molecule has 0 bridgehead atoms. The molecule has 0 atom stereocenters. The van der Waals surface area contributed by atoms with Crippen LogP contribution in [0.15, 0.2) is 78.4 Å². The fraction of sp³-hybridized carbons (Fsp3) is 0.276. The Balaban J connectivity index is 1.40. The van der Waals surface area contributed by atoms with E-state index in [2.05, 4.69) is 59.5 Å². The molecule has 0 N–H and O–H groups in total. The molecule has 0 aromatic heterocycles. The van der Waals surface area contributed by atoms with Gasteiger partial charge in [-0.15, -0.1) is 0 Å². The molecule has 0 unspecified atom stereocenters. The molecule has 3 nitrogen and oxygen atoms in total. The molecule has 1 fully saturated rings. The minimum atomic E-state index is -0.275. The predicted molar refractivity (Wildman–Crippen MR) is 129 cm³/mol. The standard InChI is InChI=1S/C29H29NO2/c1-32-29(31)25-10-6-7-21(19-25)20-30-17-15-24(16-18-30)28-26-11-4-2-8-22(26)13-14-23-9-3-5-12-27(23)28/h2-12,19H,13-18,20H2,1H3. The monoisotopic (exact) mass is 423 g/mol. The van der Waals surface area contributed by atoms with Gasteiger partial charge >= 0.3 is 5.97 Å². The van der Waals surface area contributed by atoms with E-state index in [0.717, 1.165) is 50.9 Å². The first-order valence-electron chi connectivity index (χ1n) is 11.5. The maximum atomic E-state index is 11.9. The van der Waals surface area contributed by atoms with Crippen LogP contribution in [0, 0.1) is 0 Å². The van der Waals surface area contributed by atoms with E-state index in [0.29, 0.717) is 5.56 Å². The minimum Gasteiger partial charge on any atom is -0.465 e. The lowest BCUT2D eigenvalue weighted by Gasteiger charge is -2.30. The normalized spacial score (nSPS) is 16.2. The van der Waals surface area contributed by atoms with Gasteiger partial charge in [-0.2, -0.15) is 0 Å². The van der Waals surface area contributed by atoms with Crippen molar-refractivity contribution >= 4 is 11.5 Å². The fourth-order valence-electron chi connectivity index (χ4n) is 5.16. The van der Waals surface area contributed by atoms with Crippen LogP contribution in [-0.2, 0) is 24.1 Å². The number of hydrogen-bond donors (Lipinski definition) is 0. The van der Waals surface area contributed by atoms with E-state index in [-0.39, 0.29) is 5.97 Å². The zero-order valence-electron chi connectivity index (χ0n) is 18.6. The number of esters is 1. The molecule has 32 heavy (non-hydrogen) atoms. The van der Waals surface area contributed by atoms with Crippen LogP contribution in [0.25, 0.3) is 5.57 Å². The average Bonchev–Trinajstić information content (AvgIpc) is 3.01. The third-order valence-electron chi connectivity index (χ3n) is 6.80. The van der Waals surface area contributed by atoms with E-state index < -0.39 is 0 Å². The van der Waals surface area contributed by atoms with Gasteiger partial charge in [-0.25, -0.2) is 4.79 Å². The summed E-state index contributed by atoms with van der Waals surface area (Å²) >= 11 is 0. The summed E-state index contributed by atoms with van der Waals surface area (Å²) in [7, 11) is 1.43. The van der Waals surface area contributed by atoms with Crippen molar-refractivity contribution in [2.45, 2.75) is 32.2 Å². The number of carbonyl (C=O) groups is 1. The van der Waals surface area contributed by atoms with Crippen molar-refractivity contribution in [2.75, 3.05) is 20.2 Å². The van der Waals surface area contributed by atoms with Gasteiger partial charge in [0.2, 0.25) is 0 Å². The third-order valence-corrected chi connectivity index (χ3v) is 6.80. The number of nitrogens with zero attached hydrogens (tertiary/aromatic N) is 1. The number of carbonyl (C=O) groups excluding carboxylic acids is 1. The third kappa shape index (κ3) is 4.13. The number of ether oxygens (including phenoxy) is 1. The van der Waals surface area contributed by atoms with Crippen molar-refractivity contribution in [2.24, 2.45) is 0 Å². The summed E-state index contributed by atoms with van der Waals surface area (Å²) in [6.45, 7) is 2.93. The molecule has 1 heterocycles. The number of hydrogen-bond acceptors (Lipinski definition) is 3. The van der Waals surface area contributed by atoms with Crippen LogP contribution in [0.5, 0.6) is 0 Å². The molecule has 0 spiro atoms. The van der Waals surface area contributed by atoms with E-state index in [1.807, 2.05) is 18.2 Å². The molecule has 1 saturated heterocycles. The van der Waals surface area contributed by atoms with Crippen LogP contribution in [0.4, 0.5) is 0 Å². The Morgan fingerprint density at radius 1 is 0.812 bits per heavy atom. The van der Waals surface area contributed by atoms with Crippen LogP contribution in [0.1, 0.15) is 51.0 Å². The van der Waals surface area contributed by atoms with Gasteiger partial charge in [0.1, 0.15) is 0 Å². The van der Waals surface area contributed by atoms with Crippen molar-refractivity contribution in [3.63, 3.8) is 0 Å². The SMILES string of the molecule is COC(=O)c1cccc(CN2CCC(=C3c4ccccc4CCc4ccccc43)CC2)c1. The first kappa shape index (κ1) is 20.7. The molecule has 3 heteroatoms. The topological polar surface area (TPSA) is 29.5 Å². The maximum Gasteiger partial charge on any atom is 0.337 e. The Labute approximate surface area is 190 Å². The Hall–Kier alpha value is -3.17. The summed E-state index contributed by atoms with van der Waals surface area (Å²) in [5.74, 6) is -0.275. The summed E-state index contributed by atoms with van der Waals surface area (Å²) in [5.41, 5.74) is 10.6. The second-order valence-electron chi connectivity index (χ2n) is 8.76. The van der Waals surface area contributed by atoms with Crippen molar-refractivity contribution in [1.82, 2.24) is 4.90 Å². The molecular formula is C29H29NO2. The Kier molecular flexibility index (Phi) is 5.91. The molecule has 0 saturated carbocycles. The molecular weight excluding hydrogens is 394 g/mol. The number of piperidine rings is 1. The minimum absolute atomic E-state index is 0.275. The lowest BCUT2D eigenvalue weighted by atomic mass is 9.86. The highest BCUT2D eigenvalue weighted by Crippen LogP contribution is 2.38. The van der Waals surface area contributed by atoms with E-state index in [1.54, 1.807) is 5.57 Å². The highest BCUT2D eigenvalue weighted by atomic mass is 16.5. The Bertz CT molecular complexity index is 1120. The molecule has 1 aliphatic carbocycles. The molecule has 0 amide bonds. The molecule has 5 rings (SSSR count).